The Bertz CT molecular complexity index is 702. The molecule has 1 aromatic carbocycles. The van der Waals surface area contributed by atoms with Crippen LogP contribution in [0.4, 0.5) is 8.78 Å². The summed E-state index contributed by atoms with van der Waals surface area (Å²) in [6.07, 6.45) is 2.14. The molecule has 2 rings (SSSR count). The molecule has 2 N–H and O–H groups in total. The van der Waals surface area contributed by atoms with Gasteiger partial charge < -0.3 is 19.8 Å². The van der Waals surface area contributed by atoms with Gasteiger partial charge in [-0.1, -0.05) is 12.1 Å². The highest BCUT2D eigenvalue weighted by Crippen LogP contribution is 2.19. The molecule has 0 bridgehead atoms. The van der Waals surface area contributed by atoms with Crippen LogP contribution in [0.5, 0.6) is 5.75 Å². The van der Waals surface area contributed by atoms with Crippen LogP contribution in [-0.4, -0.2) is 25.0 Å². The summed E-state index contributed by atoms with van der Waals surface area (Å²) in [6, 6.07) is 8.99. The molecule has 1 atom stereocenters. The lowest BCUT2D eigenvalue weighted by Crippen LogP contribution is -2.28. The Kier molecular flexibility index (Phi) is 7.13. The summed E-state index contributed by atoms with van der Waals surface area (Å²) in [5.41, 5.74) is 0.770. The zero-order valence-corrected chi connectivity index (χ0v) is 14.2. The largest absolute Gasteiger partial charge is 0.459 e. The minimum atomic E-state index is -2.87. The molecule has 1 heterocycles. The van der Waals surface area contributed by atoms with Crippen LogP contribution >= 0.6 is 0 Å². The summed E-state index contributed by atoms with van der Waals surface area (Å²) in [6.45, 7) is -0.730. The van der Waals surface area contributed by atoms with E-state index in [-0.39, 0.29) is 35.8 Å². The molecule has 1 aromatic heterocycles. The van der Waals surface area contributed by atoms with Gasteiger partial charge in [0, 0.05) is 13.0 Å². The minimum Gasteiger partial charge on any atom is -0.459 e. The lowest BCUT2D eigenvalue weighted by Gasteiger charge is -2.15. The first kappa shape index (κ1) is 19.4. The molecule has 0 fully saturated rings. The number of hydrogen-bond acceptors (Lipinski definition) is 4. The number of ether oxygens (including phenoxy) is 1. The monoisotopic (exact) mass is 366 g/mol. The van der Waals surface area contributed by atoms with E-state index in [9.17, 15) is 18.4 Å². The Morgan fingerprint density at radius 1 is 1.19 bits per heavy atom. The molecular formula is C18H20F2N2O4. The van der Waals surface area contributed by atoms with Gasteiger partial charge in [-0.25, -0.2) is 0 Å². The lowest BCUT2D eigenvalue weighted by atomic mass is 10.1. The van der Waals surface area contributed by atoms with Gasteiger partial charge in [0.1, 0.15) is 5.75 Å². The molecule has 1 unspecified atom stereocenters. The number of hydrogen-bond donors (Lipinski definition) is 2. The fraction of sp³-hybridized carbons (Fsp3) is 0.333. The smallest absolute Gasteiger partial charge is 0.387 e. The Morgan fingerprint density at radius 3 is 2.54 bits per heavy atom. The molecule has 0 spiro atoms. The van der Waals surface area contributed by atoms with Crippen molar-refractivity contribution in [2.45, 2.75) is 32.4 Å². The van der Waals surface area contributed by atoms with Gasteiger partial charge in [0.2, 0.25) is 5.91 Å². The van der Waals surface area contributed by atoms with Gasteiger partial charge in [0.25, 0.3) is 5.91 Å². The van der Waals surface area contributed by atoms with Gasteiger partial charge in [0.15, 0.2) is 5.76 Å². The van der Waals surface area contributed by atoms with E-state index in [1.165, 1.54) is 18.4 Å². The summed E-state index contributed by atoms with van der Waals surface area (Å²) in [7, 11) is 0. The Labute approximate surface area is 149 Å². The zero-order valence-electron chi connectivity index (χ0n) is 14.2. The summed E-state index contributed by atoms with van der Waals surface area (Å²) in [4.78, 5) is 23.6. The van der Waals surface area contributed by atoms with Crippen LogP contribution < -0.4 is 15.4 Å². The average molecular weight is 366 g/mol. The summed E-state index contributed by atoms with van der Waals surface area (Å²) >= 11 is 0. The predicted molar refractivity (Wildman–Crippen MR) is 89.9 cm³/mol. The Hall–Kier alpha value is -2.90. The van der Waals surface area contributed by atoms with Crippen LogP contribution in [0.2, 0.25) is 0 Å². The van der Waals surface area contributed by atoms with Gasteiger partial charge in [-0.15, -0.1) is 0 Å². The molecule has 26 heavy (non-hydrogen) atoms. The van der Waals surface area contributed by atoms with Crippen molar-refractivity contribution in [2.24, 2.45) is 0 Å². The van der Waals surface area contributed by atoms with Gasteiger partial charge in [-0.05, 0) is 43.2 Å². The number of furan rings is 1. The second kappa shape index (κ2) is 9.55. The molecular weight excluding hydrogens is 346 g/mol. The predicted octanol–water partition coefficient (Wildman–Crippen LogP) is 3.27. The van der Waals surface area contributed by atoms with E-state index >= 15 is 0 Å². The minimum absolute atomic E-state index is 0.0644. The zero-order chi connectivity index (χ0) is 18.9. The standard InChI is InChI=1S/C18H20F2N2O4/c1-12(13-6-8-14(9-7-13)26-18(19)20)22-16(23)5-2-10-21-17(24)15-4-3-11-25-15/h3-4,6-9,11-12,18H,2,5,10H2,1H3,(H,21,24)(H,22,23). The Morgan fingerprint density at radius 2 is 1.92 bits per heavy atom. The fourth-order valence-corrected chi connectivity index (χ4v) is 2.28. The third kappa shape index (κ3) is 6.19. The molecule has 0 aliphatic heterocycles. The lowest BCUT2D eigenvalue weighted by molar-refractivity contribution is -0.121. The highest BCUT2D eigenvalue weighted by Gasteiger charge is 2.11. The maximum Gasteiger partial charge on any atom is 0.387 e. The van der Waals surface area contributed by atoms with Gasteiger partial charge in [-0.3, -0.25) is 9.59 Å². The van der Waals surface area contributed by atoms with Gasteiger partial charge >= 0.3 is 6.61 Å². The number of nitrogens with one attached hydrogen (secondary N) is 2. The topological polar surface area (TPSA) is 80.6 Å². The van der Waals surface area contributed by atoms with Crippen LogP contribution in [0.15, 0.2) is 47.1 Å². The van der Waals surface area contributed by atoms with Crippen molar-refractivity contribution in [3.63, 3.8) is 0 Å². The van der Waals surface area contributed by atoms with E-state index in [1.54, 1.807) is 31.2 Å². The van der Waals surface area contributed by atoms with Crippen LogP contribution in [0.1, 0.15) is 41.9 Å². The number of rotatable bonds is 9. The first-order valence-corrected chi connectivity index (χ1v) is 8.11. The molecule has 8 heteroatoms. The maximum atomic E-state index is 12.1. The molecule has 0 radical (unpaired) electrons. The fourth-order valence-electron chi connectivity index (χ4n) is 2.28. The molecule has 0 aliphatic carbocycles. The first-order chi connectivity index (χ1) is 12.5. The highest BCUT2D eigenvalue weighted by atomic mass is 19.3. The van der Waals surface area contributed by atoms with Crippen molar-refractivity contribution in [1.82, 2.24) is 10.6 Å². The van der Waals surface area contributed by atoms with Crippen LogP contribution in [0.25, 0.3) is 0 Å². The maximum absolute atomic E-state index is 12.1. The number of carbonyl (C=O) groups excluding carboxylic acids is 2. The van der Waals surface area contributed by atoms with E-state index in [4.69, 9.17) is 4.42 Å². The summed E-state index contributed by atoms with van der Waals surface area (Å²) < 4.78 is 33.5. The second-order valence-corrected chi connectivity index (χ2v) is 5.57. The Balaban J connectivity index is 1.69. The van der Waals surface area contributed by atoms with Crippen molar-refractivity contribution in [2.75, 3.05) is 6.54 Å². The summed E-state index contributed by atoms with van der Waals surface area (Å²) in [5.74, 6) is -0.204. The van der Waals surface area contributed by atoms with Crippen LogP contribution in [-0.2, 0) is 4.79 Å². The van der Waals surface area contributed by atoms with Gasteiger partial charge in [-0.2, -0.15) is 8.78 Å². The van der Waals surface area contributed by atoms with Crippen molar-refractivity contribution in [3.05, 3.63) is 54.0 Å². The van der Waals surface area contributed by atoms with E-state index in [2.05, 4.69) is 15.4 Å². The molecule has 0 saturated heterocycles. The third-order valence-electron chi connectivity index (χ3n) is 3.59. The SMILES string of the molecule is CC(NC(=O)CCCNC(=O)c1ccco1)c1ccc(OC(F)F)cc1. The number of alkyl halides is 2. The second-order valence-electron chi connectivity index (χ2n) is 5.57. The first-order valence-electron chi connectivity index (χ1n) is 8.11. The van der Waals surface area contributed by atoms with Crippen molar-refractivity contribution >= 4 is 11.8 Å². The number of halogens is 2. The molecule has 2 aromatic rings. The van der Waals surface area contributed by atoms with Gasteiger partial charge in [0.05, 0.1) is 12.3 Å². The van der Waals surface area contributed by atoms with E-state index in [1.807, 2.05) is 0 Å². The molecule has 0 aliphatic rings. The quantitative estimate of drug-likeness (QED) is 0.668. The van der Waals surface area contributed by atoms with Crippen molar-refractivity contribution in [3.8, 4) is 5.75 Å². The molecule has 0 saturated carbocycles. The molecule has 6 nitrogen and oxygen atoms in total. The van der Waals surface area contributed by atoms with E-state index in [0.29, 0.717) is 13.0 Å². The van der Waals surface area contributed by atoms with Crippen molar-refractivity contribution in [1.29, 1.82) is 0 Å². The third-order valence-corrected chi connectivity index (χ3v) is 3.59. The molecule has 2 amide bonds. The summed E-state index contributed by atoms with van der Waals surface area (Å²) in [5, 5.41) is 5.47. The number of benzene rings is 1. The number of carbonyl (C=O) groups is 2. The number of amides is 2. The highest BCUT2D eigenvalue weighted by molar-refractivity contribution is 5.91. The normalized spacial score (nSPS) is 11.8. The van der Waals surface area contributed by atoms with E-state index in [0.717, 1.165) is 5.56 Å². The van der Waals surface area contributed by atoms with Crippen molar-refractivity contribution < 1.29 is 27.5 Å². The van der Waals surface area contributed by atoms with Crippen LogP contribution in [0, 0.1) is 0 Å². The average Bonchev–Trinajstić information content (AvgIpc) is 3.13. The van der Waals surface area contributed by atoms with E-state index < -0.39 is 6.61 Å². The molecule has 140 valence electrons. The van der Waals surface area contributed by atoms with Crippen LogP contribution in [0.3, 0.4) is 0 Å².